The van der Waals surface area contributed by atoms with Gasteiger partial charge in [-0.15, -0.1) is 12.4 Å². The van der Waals surface area contributed by atoms with Gasteiger partial charge in [-0.3, -0.25) is 4.79 Å². The Morgan fingerprint density at radius 2 is 2.30 bits per heavy atom. The fourth-order valence-electron chi connectivity index (χ4n) is 2.62. The van der Waals surface area contributed by atoms with E-state index in [0.29, 0.717) is 25.6 Å². The molecule has 0 bridgehead atoms. The van der Waals surface area contributed by atoms with Gasteiger partial charge < -0.3 is 20.1 Å². The van der Waals surface area contributed by atoms with Crippen molar-refractivity contribution in [2.75, 3.05) is 32.9 Å². The second-order valence-electron chi connectivity index (χ2n) is 5.60. The number of halogens is 1. The number of amides is 1. The number of ether oxygens (including phenoxy) is 2. The maximum atomic E-state index is 11.8. The summed E-state index contributed by atoms with van der Waals surface area (Å²) in [6, 6.07) is 0.263. The van der Waals surface area contributed by atoms with Gasteiger partial charge in [-0.25, -0.2) is 0 Å². The van der Waals surface area contributed by atoms with Gasteiger partial charge in [0, 0.05) is 25.6 Å². The van der Waals surface area contributed by atoms with Crippen molar-refractivity contribution in [2.45, 2.75) is 44.8 Å². The molecule has 20 heavy (non-hydrogen) atoms. The third-order valence-electron chi connectivity index (χ3n) is 3.98. The molecular formula is C14H27ClN2O3. The Labute approximate surface area is 127 Å². The van der Waals surface area contributed by atoms with Gasteiger partial charge in [0.2, 0.25) is 5.91 Å². The normalized spacial score (nSPS) is 29.8. The van der Waals surface area contributed by atoms with Gasteiger partial charge in [0.05, 0.1) is 19.3 Å². The second-order valence-corrected chi connectivity index (χ2v) is 5.60. The molecule has 2 aliphatic rings. The first kappa shape index (κ1) is 17.7. The largest absolute Gasteiger partial charge is 0.378 e. The van der Waals surface area contributed by atoms with Crippen molar-refractivity contribution < 1.29 is 14.3 Å². The van der Waals surface area contributed by atoms with Gasteiger partial charge >= 0.3 is 0 Å². The Morgan fingerprint density at radius 3 is 3.00 bits per heavy atom. The third-order valence-corrected chi connectivity index (χ3v) is 3.98. The highest BCUT2D eigenvalue weighted by atomic mass is 35.5. The van der Waals surface area contributed by atoms with Gasteiger partial charge in [0.15, 0.2) is 0 Å². The maximum absolute atomic E-state index is 11.8. The zero-order chi connectivity index (χ0) is 13.5. The summed E-state index contributed by atoms with van der Waals surface area (Å²) >= 11 is 0. The predicted molar refractivity (Wildman–Crippen MR) is 80.2 cm³/mol. The number of carbonyl (C=O) groups is 1. The van der Waals surface area contributed by atoms with Crippen molar-refractivity contribution in [3.63, 3.8) is 0 Å². The molecule has 0 spiro atoms. The van der Waals surface area contributed by atoms with E-state index in [2.05, 4.69) is 17.6 Å². The van der Waals surface area contributed by atoms with Gasteiger partial charge in [-0.2, -0.15) is 0 Å². The van der Waals surface area contributed by atoms with Crippen LogP contribution in [0.4, 0.5) is 0 Å². The summed E-state index contributed by atoms with van der Waals surface area (Å²) < 4.78 is 11.0. The van der Waals surface area contributed by atoms with Crippen LogP contribution in [0.5, 0.6) is 0 Å². The summed E-state index contributed by atoms with van der Waals surface area (Å²) in [6.45, 7) is 6.08. The second kappa shape index (κ2) is 9.55. The minimum atomic E-state index is 0. The Balaban J connectivity index is 0.00000200. The molecular weight excluding hydrogens is 280 g/mol. The van der Waals surface area contributed by atoms with Crippen molar-refractivity contribution in [1.82, 2.24) is 10.6 Å². The molecule has 1 amide bonds. The summed E-state index contributed by atoms with van der Waals surface area (Å²) in [5.74, 6) is 0.644. The predicted octanol–water partition coefficient (Wildman–Crippen LogP) is 1.11. The van der Waals surface area contributed by atoms with E-state index in [1.54, 1.807) is 0 Å². The van der Waals surface area contributed by atoms with Crippen LogP contribution >= 0.6 is 12.4 Å². The lowest BCUT2D eigenvalue weighted by atomic mass is 9.95. The molecule has 3 atom stereocenters. The molecule has 3 unspecified atom stereocenters. The van der Waals surface area contributed by atoms with Crippen molar-refractivity contribution in [2.24, 2.45) is 5.92 Å². The number of hydrogen-bond acceptors (Lipinski definition) is 4. The Kier molecular flexibility index (Phi) is 8.45. The zero-order valence-corrected chi connectivity index (χ0v) is 13.0. The molecule has 0 radical (unpaired) electrons. The molecule has 2 heterocycles. The topological polar surface area (TPSA) is 59.6 Å². The molecule has 0 aromatic carbocycles. The van der Waals surface area contributed by atoms with Gasteiger partial charge in [-0.05, 0) is 31.7 Å². The van der Waals surface area contributed by atoms with Crippen LogP contribution in [0.1, 0.15) is 32.6 Å². The van der Waals surface area contributed by atoms with E-state index < -0.39 is 0 Å². The van der Waals surface area contributed by atoms with Crippen molar-refractivity contribution in [3.05, 3.63) is 0 Å². The molecule has 6 heteroatoms. The van der Waals surface area contributed by atoms with E-state index >= 15 is 0 Å². The molecule has 0 aromatic rings. The number of nitrogens with one attached hydrogen (secondary N) is 2. The van der Waals surface area contributed by atoms with Gasteiger partial charge in [0.25, 0.3) is 0 Å². The Morgan fingerprint density at radius 1 is 1.45 bits per heavy atom. The standard InChI is InChI=1S/C14H26N2O3.ClH/c1-11-4-6-15-9-13(11)16-14(17)5-8-18-10-12-3-2-7-19-12;/h11-13,15H,2-10H2,1H3,(H,16,17);1H. The summed E-state index contributed by atoms with van der Waals surface area (Å²) in [4.78, 5) is 11.8. The monoisotopic (exact) mass is 306 g/mol. The van der Waals surface area contributed by atoms with E-state index in [1.165, 1.54) is 0 Å². The summed E-state index contributed by atoms with van der Waals surface area (Å²) in [7, 11) is 0. The molecule has 0 saturated carbocycles. The van der Waals surface area contributed by atoms with E-state index in [4.69, 9.17) is 9.47 Å². The lowest BCUT2D eigenvalue weighted by molar-refractivity contribution is -0.123. The minimum absolute atomic E-state index is 0. The average molecular weight is 307 g/mol. The summed E-state index contributed by atoms with van der Waals surface area (Å²) in [5, 5.41) is 6.40. The van der Waals surface area contributed by atoms with Crippen LogP contribution in [-0.2, 0) is 14.3 Å². The van der Waals surface area contributed by atoms with Crippen LogP contribution < -0.4 is 10.6 Å². The van der Waals surface area contributed by atoms with Crippen LogP contribution in [0, 0.1) is 5.92 Å². The molecule has 2 saturated heterocycles. The highest BCUT2D eigenvalue weighted by Crippen LogP contribution is 2.12. The van der Waals surface area contributed by atoms with Crippen molar-refractivity contribution in [1.29, 1.82) is 0 Å². The molecule has 2 rings (SSSR count). The van der Waals surface area contributed by atoms with E-state index in [-0.39, 0.29) is 30.5 Å². The molecule has 0 aromatic heterocycles. The molecule has 118 valence electrons. The Hall–Kier alpha value is -0.360. The van der Waals surface area contributed by atoms with Crippen molar-refractivity contribution in [3.8, 4) is 0 Å². The highest BCUT2D eigenvalue weighted by molar-refractivity contribution is 5.85. The molecule has 2 N–H and O–H groups in total. The first-order chi connectivity index (χ1) is 9.25. The SMILES string of the molecule is CC1CCNCC1NC(=O)CCOCC1CCCO1.Cl. The number of piperidine rings is 1. The highest BCUT2D eigenvalue weighted by Gasteiger charge is 2.22. The number of rotatable bonds is 6. The minimum Gasteiger partial charge on any atom is -0.378 e. The fourth-order valence-corrected chi connectivity index (χ4v) is 2.62. The van der Waals surface area contributed by atoms with Gasteiger partial charge in [0.1, 0.15) is 0 Å². The smallest absolute Gasteiger partial charge is 0.222 e. The number of hydrogen-bond donors (Lipinski definition) is 2. The number of carbonyl (C=O) groups excluding carboxylic acids is 1. The van der Waals surface area contributed by atoms with Crippen LogP contribution in [-0.4, -0.2) is 51.0 Å². The van der Waals surface area contributed by atoms with E-state index in [1.807, 2.05) is 0 Å². The average Bonchev–Trinajstić information content (AvgIpc) is 2.91. The van der Waals surface area contributed by atoms with Crippen molar-refractivity contribution >= 4 is 18.3 Å². The molecule has 0 aliphatic carbocycles. The zero-order valence-electron chi connectivity index (χ0n) is 12.2. The third kappa shape index (κ3) is 5.95. The summed E-state index contributed by atoms with van der Waals surface area (Å²) in [5.41, 5.74) is 0. The van der Waals surface area contributed by atoms with E-state index in [0.717, 1.165) is 39.0 Å². The van der Waals surface area contributed by atoms with Gasteiger partial charge in [-0.1, -0.05) is 6.92 Å². The lowest BCUT2D eigenvalue weighted by Crippen LogP contribution is -2.50. The van der Waals surface area contributed by atoms with Crippen LogP contribution in [0.15, 0.2) is 0 Å². The first-order valence-electron chi connectivity index (χ1n) is 7.45. The lowest BCUT2D eigenvalue weighted by Gasteiger charge is -2.30. The molecule has 2 fully saturated rings. The molecule has 5 nitrogen and oxygen atoms in total. The van der Waals surface area contributed by atoms with E-state index in [9.17, 15) is 4.79 Å². The fraction of sp³-hybridized carbons (Fsp3) is 0.929. The van der Waals surface area contributed by atoms with Crippen LogP contribution in [0.2, 0.25) is 0 Å². The summed E-state index contributed by atoms with van der Waals surface area (Å²) in [6.07, 6.45) is 4.01. The first-order valence-corrected chi connectivity index (χ1v) is 7.45. The van der Waals surface area contributed by atoms with Crippen LogP contribution in [0.25, 0.3) is 0 Å². The Bertz CT molecular complexity index is 286. The van der Waals surface area contributed by atoms with Crippen LogP contribution in [0.3, 0.4) is 0 Å². The molecule has 2 aliphatic heterocycles. The quantitative estimate of drug-likeness (QED) is 0.722. The maximum Gasteiger partial charge on any atom is 0.222 e.